The molecule has 0 heterocycles. The molecule has 0 aliphatic heterocycles. The zero-order valence-corrected chi connectivity index (χ0v) is 13.0. The first-order valence-corrected chi connectivity index (χ1v) is 7.48. The van der Waals surface area contributed by atoms with E-state index in [1.165, 1.54) is 12.1 Å². The minimum absolute atomic E-state index is 0.157. The van der Waals surface area contributed by atoms with E-state index in [2.05, 4.69) is 24.1 Å². The number of rotatable bonds is 8. The van der Waals surface area contributed by atoms with Crippen LogP contribution in [-0.4, -0.2) is 37.1 Å². The van der Waals surface area contributed by atoms with Gasteiger partial charge in [-0.1, -0.05) is 32.0 Å². The van der Waals surface area contributed by atoms with Gasteiger partial charge in [0.1, 0.15) is 0 Å². The Morgan fingerprint density at radius 3 is 2.43 bits per heavy atom. The van der Waals surface area contributed by atoms with Gasteiger partial charge in [-0.2, -0.15) is 13.2 Å². The third kappa shape index (κ3) is 6.48. The molecule has 0 saturated carbocycles. The lowest BCUT2D eigenvalue weighted by molar-refractivity contribution is -0.137. The topological polar surface area (TPSA) is 15.3 Å². The van der Waals surface area contributed by atoms with Crippen molar-refractivity contribution in [3.05, 3.63) is 35.4 Å². The summed E-state index contributed by atoms with van der Waals surface area (Å²) >= 11 is 0. The Kier molecular flexibility index (Phi) is 7.18. The standard InChI is InChI=1S/C16H25F3N2/c1-4-21(5-2)10-9-20-13(3)11-14-7-6-8-15(12-14)16(17,18)19/h6-8,12-13,20H,4-5,9-11H2,1-3H3/t13-/m1/s1. The summed E-state index contributed by atoms with van der Waals surface area (Å²) in [5.74, 6) is 0. The van der Waals surface area contributed by atoms with E-state index in [1.54, 1.807) is 6.07 Å². The first kappa shape index (κ1) is 18.0. The first-order chi connectivity index (χ1) is 9.86. The van der Waals surface area contributed by atoms with Gasteiger partial charge in [0.25, 0.3) is 0 Å². The maximum Gasteiger partial charge on any atom is 0.416 e. The third-order valence-corrected chi connectivity index (χ3v) is 3.61. The molecule has 0 bridgehead atoms. The lowest BCUT2D eigenvalue weighted by atomic mass is 10.0. The van der Waals surface area contributed by atoms with E-state index in [-0.39, 0.29) is 6.04 Å². The van der Waals surface area contributed by atoms with Crippen LogP contribution in [0.3, 0.4) is 0 Å². The Balaban J connectivity index is 2.46. The monoisotopic (exact) mass is 302 g/mol. The molecule has 0 aliphatic carbocycles. The predicted molar refractivity (Wildman–Crippen MR) is 80.4 cm³/mol. The fraction of sp³-hybridized carbons (Fsp3) is 0.625. The zero-order chi connectivity index (χ0) is 15.9. The summed E-state index contributed by atoms with van der Waals surface area (Å²) in [6, 6.07) is 5.73. The summed E-state index contributed by atoms with van der Waals surface area (Å²) in [5, 5.41) is 3.37. The Labute approximate surface area is 125 Å². The maximum absolute atomic E-state index is 12.7. The van der Waals surface area contributed by atoms with Gasteiger partial charge in [0.05, 0.1) is 5.56 Å². The molecule has 120 valence electrons. The minimum atomic E-state index is -4.27. The molecule has 0 spiro atoms. The normalized spacial score (nSPS) is 13.7. The molecule has 1 aromatic rings. The highest BCUT2D eigenvalue weighted by Gasteiger charge is 2.30. The number of halogens is 3. The van der Waals surface area contributed by atoms with Crippen molar-refractivity contribution in [1.29, 1.82) is 0 Å². The van der Waals surface area contributed by atoms with Crippen LogP contribution in [-0.2, 0) is 12.6 Å². The number of likely N-dealkylation sites (N-methyl/N-ethyl adjacent to an activating group) is 1. The number of hydrogen-bond acceptors (Lipinski definition) is 2. The van der Waals surface area contributed by atoms with Crippen molar-refractivity contribution >= 4 is 0 Å². The zero-order valence-electron chi connectivity index (χ0n) is 13.0. The summed E-state index contributed by atoms with van der Waals surface area (Å²) in [5.41, 5.74) is 0.142. The molecule has 1 rings (SSSR count). The smallest absolute Gasteiger partial charge is 0.313 e. The molecule has 21 heavy (non-hydrogen) atoms. The van der Waals surface area contributed by atoms with Gasteiger partial charge >= 0.3 is 6.18 Å². The second kappa shape index (κ2) is 8.39. The van der Waals surface area contributed by atoms with Crippen molar-refractivity contribution in [3.8, 4) is 0 Å². The van der Waals surface area contributed by atoms with Crippen LogP contribution >= 0.6 is 0 Å². The van der Waals surface area contributed by atoms with Crippen LogP contribution in [0.2, 0.25) is 0 Å². The molecule has 0 aliphatic rings. The fourth-order valence-corrected chi connectivity index (χ4v) is 2.31. The molecule has 0 radical (unpaired) electrons. The number of nitrogens with one attached hydrogen (secondary N) is 1. The Bertz CT molecular complexity index is 414. The van der Waals surface area contributed by atoms with Gasteiger partial charge < -0.3 is 10.2 Å². The maximum atomic E-state index is 12.7. The quantitative estimate of drug-likeness (QED) is 0.790. The molecular formula is C16H25F3N2. The van der Waals surface area contributed by atoms with E-state index in [9.17, 15) is 13.2 Å². The van der Waals surface area contributed by atoms with E-state index < -0.39 is 11.7 Å². The molecule has 0 unspecified atom stereocenters. The van der Waals surface area contributed by atoms with Crippen molar-refractivity contribution in [1.82, 2.24) is 10.2 Å². The third-order valence-electron chi connectivity index (χ3n) is 3.61. The minimum Gasteiger partial charge on any atom is -0.313 e. The Morgan fingerprint density at radius 1 is 1.19 bits per heavy atom. The Morgan fingerprint density at radius 2 is 1.86 bits per heavy atom. The predicted octanol–water partition coefficient (Wildman–Crippen LogP) is 3.57. The van der Waals surface area contributed by atoms with Crippen LogP contribution in [0.5, 0.6) is 0 Å². The van der Waals surface area contributed by atoms with Crippen molar-refractivity contribution in [2.45, 2.75) is 39.4 Å². The van der Waals surface area contributed by atoms with Gasteiger partial charge in [-0.25, -0.2) is 0 Å². The summed E-state index contributed by atoms with van der Waals surface area (Å²) < 4.78 is 38.0. The second-order valence-corrected chi connectivity index (χ2v) is 5.28. The van der Waals surface area contributed by atoms with Crippen LogP contribution in [0.4, 0.5) is 13.2 Å². The molecule has 5 heteroatoms. The van der Waals surface area contributed by atoms with E-state index in [0.717, 1.165) is 32.2 Å². The van der Waals surface area contributed by atoms with Gasteiger partial charge in [0.2, 0.25) is 0 Å². The van der Waals surface area contributed by atoms with Gasteiger partial charge in [-0.05, 0) is 38.1 Å². The van der Waals surface area contributed by atoms with E-state index >= 15 is 0 Å². The van der Waals surface area contributed by atoms with Crippen LogP contribution in [0.1, 0.15) is 31.9 Å². The number of hydrogen-bond donors (Lipinski definition) is 1. The van der Waals surface area contributed by atoms with Crippen molar-refractivity contribution in [2.24, 2.45) is 0 Å². The van der Waals surface area contributed by atoms with Crippen molar-refractivity contribution in [3.63, 3.8) is 0 Å². The summed E-state index contributed by atoms with van der Waals surface area (Å²) in [7, 11) is 0. The average Bonchev–Trinajstić information content (AvgIpc) is 2.43. The van der Waals surface area contributed by atoms with E-state index in [0.29, 0.717) is 12.0 Å². The summed E-state index contributed by atoms with van der Waals surface area (Å²) in [6.45, 7) is 10.1. The van der Waals surface area contributed by atoms with Gasteiger partial charge in [-0.3, -0.25) is 0 Å². The molecule has 0 fully saturated rings. The average molecular weight is 302 g/mol. The van der Waals surface area contributed by atoms with E-state index in [1.807, 2.05) is 6.92 Å². The molecule has 0 saturated heterocycles. The van der Waals surface area contributed by atoms with Crippen LogP contribution in [0.25, 0.3) is 0 Å². The fourth-order valence-electron chi connectivity index (χ4n) is 2.31. The molecule has 1 aromatic carbocycles. The lowest BCUT2D eigenvalue weighted by Gasteiger charge is -2.20. The van der Waals surface area contributed by atoms with Crippen LogP contribution in [0.15, 0.2) is 24.3 Å². The van der Waals surface area contributed by atoms with Gasteiger partial charge in [-0.15, -0.1) is 0 Å². The van der Waals surface area contributed by atoms with Gasteiger partial charge in [0, 0.05) is 19.1 Å². The SMILES string of the molecule is CCN(CC)CCN[C@H](C)Cc1cccc(C(F)(F)F)c1. The number of alkyl halides is 3. The van der Waals surface area contributed by atoms with Crippen molar-refractivity contribution in [2.75, 3.05) is 26.2 Å². The number of nitrogens with zero attached hydrogens (tertiary/aromatic N) is 1. The lowest BCUT2D eigenvalue weighted by Crippen LogP contribution is -2.36. The van der Waals surface area contributed by atoms with E-state index in [4.69, 9.17) is 0 Å². The molecule has 1 atom stereocenters. The highest BCUT2D eigenvalue weighted by molar-refractivity contribution is 5.26. The van der Waals surface area contributed by atoms with Crippen LogP contribution < -0.4 is 5.32 Å². The molecular weight excluding hydrogens is 277 g/mol. The van der Waals surface area contributed by atoms with Crippen molar-refractivity contribution < 1.29 is 13.2 Å². The Hall–Kier alpha value is -1.07. The summed E-state index contributed by atoms with van der Waals surface area (Å²) in [4.78, 5) is 2.31. The highest BCUT2D eigenvalue weighted by atomic mass is 19.4. The van der Waals surface area contributed by atoms with Gasteiger partial charge in [0.15, 0.2) is 0 Å². The largest absolute Gasteiger partial charge is 0.416 e. The molecule has 0 amide bonds. The number of benzene rings is 1. The molecule has 2 nitrogen and oxygen atoms in total. The first-order valence-electron chi connectivity index (χ1n) is 7.48. The highest BCUT2D eigenvalue weighted by Crippen LogP contribution is 2.29. The summed E-state index contributed by atoms with van der Waals surface area (Å²) in [6.07, 6.45) is -3.67. The van der Waals surface area contributed by atoms with Crippen LogP contribution in [0, 0.1) is 0 Å². The molecule has 1 N–H and O–H groups in total. The second-order valence-electron chi connectivity index (χ2n) is 5.28. The molecule has 0 aromatic heterocycles.